The topological polar surface area (TPSA) is 84.1 Å². The normalized spacial score (nSPS) is 10.6. The number of nitrogens with one attached hydrogen (secondary N) is 2. The average molecular weight is 329 g/mol. The zero-order chi connectivity index (χ0) is 17.5. The van der Waals surface area contributed by atoms with E-state index in [1.807, 2.05) is 13.0 Å². The summed E-state index contributed by atoms with van der Waals surface area (Å²) in [5.74, 6) is 0.353. The van der Waals surface area contributed by atoms with Gasteiger partial charge in [-0.3, -0.25) is 4.79 Å². The molecule has 0 atom stereocenters. The smallest absolute Gasteiger partial charge is 0.333 e. The molecule has 0 radical (unpaired) electrons. The molecule has 1 aromatic heterocycles. The predicted molar refractivity (Wildman–Crippen MR) is 92.8 cm³/mol. The molecule has 1 heterocycles. The Morgan fingerprint density at radius 2 is 2.17 bits per heavy atom. The highest BCUT2D eigenvalue weighted by atomic mass is 16.5. The molecule has 0 saturated carbocycles. The van der Waals surface area contributed by atoms with Crippen molar-refractivity contribution < 1.29 is 14.3 Å². The van der Waals surface area contributed by atoms with E-state index < -0.39 is 0 Å². The molecule has 0 saturated heterocycles. The van der Waals surface area contributed by atoms with Crippen LogP contribution >= 0.6 is 0 Å². The fraction of sp³-hybridized carbons (Fsp3) is 0.389. The van der Waals surface area contributed by atoms with Gasteiger partial charge < -0.3 is 15.0 Å². The molecule has 24 heavy (non-hydrogen) atoms. The summed E-state index contributed by atoms with van der Waals surface area (Å²) in [6, 6.07) is 5.40. The first-order chi connectivity index (χ1) is 11.5. The van der Waals surface area contributed by atoms with Crippen molar-refractivity contribution in [3.8, 4) is 0 Å². The second-order valence-electron chi connectivity index (χ2n) is 5.69. The molecule has 1 aromatic carbocycles. The maximum Gasteiger partial charge on any atom is 0.333 e. The second-order valence-corrected chi connectivity index (χ2v) is 5.69. The standard InChI is InChI=1S/C18H23N3O3/c1-4-9-19-17(22)13-7-8-14-15(11-13)21-16(20-14)6-5-10-24-18(23)12(2)3/h7-8,11H,2,4-6,9-10H2,1,3H3,(H,19,22)(H,20,21). The number of hydrogen-bond donors (Lipinski definition) is 2. The lowest BCUT2D eigenvalue weighted by Crippen LogP contribution is -2.23. The highest BCUT2D eigenvalue weighted by Gasteiger charge is 2.09. The molecule has 0 aliphatic carbocycles. The number of carbonyl (C=O) groups excluding carboxylic acids is 2. The van der Waals surface area contributed by atoms with Crippen molar-refractivity contribution in [2.45, 2.75) is 33.1 Å². The molecular weight excluding hydrogens is 306 g/mol. The highest BCUT2D eigenvalue weighted by molar-refractivity contribution is 5.97. The number of amides is 1. The minimum Gasteiger partial charge on any atom is -0.462 e. The molecule has 1 amide bonds. The lowest BCUT2D eigenvalue weighted by Gasteiger charge is -2.03. The second kappa shape index (κ2) is 8.29. The van der Waals surface area contributed by atoms with E-state index in [2.05, 4.69) is 21.9 Å². The number of imidazole rings is 1. The summed E-state index contributed by atoms with van der Waals surface area (Å²) >= 11 is 0. The number of benzene rings is 1. The summed E-state index contributed by atoms with van der Waals surface area (Å²) in [6.07, 6.45) is 2.23. The number of hydrogen-bond acceptors (Lipinski definition) is 4. The molecule has 0 fully saturated rings. The van der Waals surface area contributed by atoms with E-state index in [0.717, 1.165) is 23.3 Å². The zero-order valence-corrected chi connectivity index (χ0v) is 14.1. The molecule has 6 heteroatoms. The number of esters is 1. The van der Waals surface area contributed by atoms with Crippen molar-refractivity contribution in [3.05, 3.63) is 41.7 Å². The van der Waals surface area contributed by atoms with Crippen LogP contribution in [0.3, 0.4) is 0 Å². The maximum atomic E-state index is 12.0. The minimum absolute atomic E-state index is 0.0818. The Bertz CT molecular complexity index is 749. The third-order valence-electron chi connectivity index (χ3n) is 3.47. The molecule has 2 aromatic rings. The summed E-state index contributed by atoms with van der Waals surface area (Å²) < 4.78 is 5.05. The van der Waals surface area contributed by atoms with Gasteiger partial charge in [-0.05, 0) is 38.0 Å². The molecule has 0 aliphatic heterocycles. The van der Waals surface area contributed by atoms with Crippen molar-refractivity contribution >= 4 is 22.9 Å². The lowest BCUT2D eigenvalue weighted by atomic mass is 10.2. The molecule has 0 unspecified atom stereocenters. The van der Waals surface area contributed by atoms with Crippen LogP contribution < -0.4 is 5.32 Å². The summed E-state index contributed by atoms with van der Waals surface area (Å²) in [5.41, 5.74) is 2.65. The summed E-state index contributed by atoms with van der Waals surface area (Å²) in [7, 11) is 0. The molecular formula is C18H23N3O3. The van der Waals surface area contributed by atoms with Gasteiger partial charge in [-0.25, -0.2) is 9.78 Å². The summed E-state index contributed by atoms with van der Waals surface area (Å²) in [4.78, 5) is 31.0. The molecule has 2 rings (SSSR count). The van der Waals surface area contributed by atoms with Gasteiger partial charge in [0.1, 0.15) is 5.82 Å². The van der Waals surface area contributed by atoms with Crippen LogP contribution in [0.4, 0.5) is 0 Å². The third-order valence-corrected chi connectivity index (χ3v) is 3.47. The summed E-state index contributed by atoms with van der Waals surface area (Å²) in [5, 5.41) is 2.85. The Balaban J connectivity index is 1.94. The monoisotopic (exact) mass is 329 g/mol. The van der Waals surface area contributed by atoms with E-state index in [-0.39, 0.29) is 11.9 Å². The number of fused-ring (bicyclic) bond motifs is 1. The lowest BCUT2D eigenvalue weighted by molar-refractivity contribution is -0.139. The van der Waals surface area contributed by atoms with Gasteiger partial charge in [0.2, 0.25) is 0 Å². The van der Waals surface area contributed by atoms with Gasteiger partial charge in [0.25, 0.3) is 5.91 Å². The van der Waals surface area contributed by atoms with E-state index in [0.29, 0.717) is 37.1 Å². The van der Waals surface area contributed by atoms with Crippen LogP contribution in [0.1, 0.15) is 42.9 Å². The van der Waals surface area contributed by atoms with E-state index in [1.54, 1.807) is 19.1 Å². The zero-order valence-electron chi connectivity index (χ0n) is 14.1. The number of nitrogens with zero attached hydrogens (tertiary/aromatic N) is 1. The number of aromatic amines is 1. The Hall–Kier alpha value is -2.63. The Kier molecular flexibility index (Phi) is 6.12. The van der Waals surface area contributed by atoms with Crippen LogP contribution in [0.25, 0.3) is 11.0 Å². The first-order valence-corrected chi connectivity index (χ1v) is 8.10. The van der Waals surface area contributed by atoms with Crippen molar-refractivity contribution in [1.82, 2.24) is 15.3 Å². The van der Waals surface area contributed by atoms with Gasteiger partial charge in [-0.2, -0.15) is 0 Å². The van der Waals surface area contributed by atoms with Crippen molar-refractivity contribution in [2.75, 3.05) is 13.2 Å². The molecule has 2 N–H and O–H groups in total. The number of aryl methyl sites for hydroxylation is 1. The highest BCUT2D eigenvalue weighted by Crippen LogP contribution is 2.15. The molecule has 128 valence electrons. The predicted octanol–water partition coefficient (Wildman–Crippen LogP) is 2.75. The van der Waals surface area contributed by atoms with E-state index in [1.165, 1.54) is 0 Å². The average Bonchev–Trinajstić information content (AvgIpc) is 2.97. The Labute approximate surface area is 141 Å². The van der Waals surface area contributed by atoms with Gasteiger partial charge in [-0.15, -0.1) is 0 Å². The summed E-state index contributed by atoms with van der Waals surface area (Å²) in [6.45, 7) is 8.16. The van der Waals surface area contributed by atoms with E-state index in [4.69, 9.17) is 4.74 Å². The number of ether oxygens (including phenoxy) is 1. The maximum absolute atomic E-state index is 12.0. The van der Waals surface area contributed by atoms with Gasteiger partial charge in [-0.1, -0.05) is 13.5 Å². The largest absolute Gasteiger partial charge is 0.462 e. The van der Waals surface area contributed by atoms with Gasteiger partial charge in [0.05, 0.1) is 17.6 Å². The fourth-order valence-corrected chi connectivity index (χ4v) is 2.19. The van der Waals surface area contributed by atoms with Crippen LogP contribution in [-0.4, -0.2) is 35.0 Å². The minimum atomic E-state index is -0.373. The SMILES string of the molecule is C=C(C)C(=O)OCCCc1nc2ccc(C(=O)NCCC)cc2[nH]1. The Morgan fingerprint density at radius 3 is 2.88 bits per heavy atom. The van der Waals surface area contributed by atoms with E-state index in [9.17, 15) is 9.59 Å². The molecule has 0 aliphatic rings. The van der Waals surface area contributed by atoms with E-state index >= 15 is 0 Å². The first kappa shape index (κ1) is 17.7. The molecule has 0 bridgehead atoms. The number of aromatic nitrogens is 2. The van der Waals surface area contributed by atoms with Gasteiger partial charge in [0, 0.05) is 24.1 Å². The third kappa shape index (κ3) is 4.68. The van der Waals surface area contributed by atoms with Gasteiger partial charge in [0.15, 0.2) is 0 Å². The van der Waals surface area contributed by atoms with Crippen molar-refractivity contribution in [1.29, 1.82) is 0 Å². The molecule has 0 spiro atoms. The van der Waals surface area contributed by atoms with Crippen LogP contribution in [0.2, 0.25) is 0 Å². The number of rotatable bonds is 8. The number of H-pyrrole nitrogens is 1. The van der Waals surface area contributed by atoms with Gasteiger partial charge >= 0.3 is 5.97 Å². The number of carbonyl (C=O) groups is 2. The first-order valence-electron chi connectivity index (χ1n) is 8.10. The quantitative estimate of drug-likeness (QED) is 0.443. The van der Waals surface area contributed by atoms with Crippen LogP contribution in [0.15, 0.2) is 30.4 Å². The fourth-order valence-electron chi connectivity index (χ4n) is 2.19. The van der Waals surface area contributed by atoms with Crippen LogP contribution in [0, 0.1) is 0 Å². The Morgan fingerprint density at radius 1 is 1.38 bits per heavy atom. The van der Waals surface area contributed by atoms with Crippen molar-refractivity contribution in [3.63, 3.8) is 0 Å². The van der Waals surface area contributed by atoms with Crippen LogP contribution in [0.5, 0.6) is 0 Å². The molecule has 6 nitrogen and oxygen atoms in total. The van der Waals surface area contributed by atoms with Crippen LogP contribution in [-0.2, 0) is 16.0 Å². The van der Waals surface area contributed by atoms with Crippen molar-refractivity contribution in [2.24, 2.45) is 0 Å².